The van der Waals surface area contributed by atoms with E-state index < -0.39 is 5.76 Å². The highest BCUT2D eigenvalue weighted by atomic mass is 16.4. The molecule has 124 valence electrons. The number of oxazole rings is 1. The van der Waals surface area contributed by atoms with E-state index in [9.17, 15) is 9.59 Å². The lowest BCUT2D eigenvalue weighted by atomic mass is 9.96. The minimum atomic E-state index is -0.513. The Labute approximate surface area is 139 Å². The Kier molecular flexibility index (Phi) is 4.79. The first-order valence-electron chi connectivity index (χ1n) is 8.09. The molecular formula is C19H20N2O3. The van der Waals surface area contributed by atoms with E-state index in [-0.39, 0.29) is 18.4 Å². The summed E-state index contributed by atoms with van der Waals surface area (Å²) in [6.45, 7) is 2.60. The van der Waals surface area contributed by atoms with Crippen LogP contribution in [0.5, 0.6) is 0 Å². The number of para-hydroxylation sites is 2. The van der Waals surface area contributed by atoms with Crippen LogP contribution >= 0.6 is 0 Å². The van der Waals surface area contributed by atoms with Crippen molar-refractivity contribution in [2.45, 2.75) is 25.8 Å². The molecule has 1 aromatic heterocycles. The van der Waals surface area contributed by atoms with Gasteiger partial charge in [-0.1, -0.05) is 49.4 Å². The minimum absolute atomic E-state index is 0.0406. The van der Waals surface area contributed by atoms with Crippen LogP contribution in [0, 0.1) is 0 Å². The number of hydrogen-bond acceptors (Lipinski definition) is 3. The molecule has 0 aliphatic rings. The highest BCUT2D eigenvalue weighted by Gasteiger charge is 2.14. The summed E-state index contributed by atoms with van der Waals surface area (Å²) in [5.41, 5.74) is 2.32. The van der Waals surface area contributed by atoms with Crippen LogP contribution in [0.15, 0.2) is 63.8 Å². The second-order valence-corrected chi connectivity index (χ2v) is 5.74. The van der Waals surface area contributed by atoms with Gasteiger partial charge >= 0.3 is 5.76 Å². The lowest BCUT2D eigenvalue weighted by Crippen LogP contribution is -2.33. The third kappa shape index (κ3) is 3.40. The fourth-order valence-electron chi connectivity index (χ4n) is 2.82. The minimum Gasteiger partial charge on any atom is -0.408 e. The average molecular weight is 324 g/mol. The first-order valence-corrected chi connectivity index (χ1v) is 8.09. The van der Waals surface area contributed by atoms with Gasteiger partial charge in [-0.3, -0.25) is 9.36 Å². The van der Waals surface area contributed by atoms with Crippen molar-refractivity contribution in [2.24, 2.45) is 0 Å². The smallest absolute Gasteiger partial charge is 0.408 e. The molecule has 1 unspecified atom stereocenters. The zero-order chi connectivity index (χ0) is 16.9. The van der Waals surface area contributed by atoms with E-state index in [2.05, 4.69) is 24.4 Å². The molecule has 0 saturated carbocycles. The standard InChI is InChI=1S/C19H20N2O3/c1-2-14(15-8-4-3-5-9-15)12-20-18(22)13-21-16-10-6-7-11-17(16)24-19(21)23/h3-11,14H,2,12-13H2,1H3,(H,20,22). The van der Waals surface area contributed by atoms with Crippen LogP contribution < -0.4 is 11.1 Å². The van der Waals surface area contributed by atoms with E-state index in [4.69, 9.17) is 4.42 Å². The fraction of sp³-hybridized carbons (Fsp3) is 0.263. The largest absolute Gasteiger partial charge is 0.420 e. The molecule has 1 amide bonds. The summed E-state index contributed by atoms with van der Waals surface area (Å²) in [6.07, 6.45) is 0.929. The number of fused-ring (bicyclic) bond motifs is 1. The summed E-state index contributed by atoms with van der Waals surface area (Å²) in [5, 5.41) is 2.92. The van der Waals surface area contributed by atoms with Crippen LogP contribution in [0.3, 0.4) is 0 Å². The van der Waals surface area contributed by atoms with Crippen LogP contribution in [0.25, 0.3) is 11.1 Å². The van der Waals surface area contributed by atoms with Gasteiger partial charge in [0, 0.05) is 12.5 Å². The molecule has 0 radical (unpaired) electrons. The molecule has 24 heavy (non-hydrogen) atoms. The summed E-state index contributed by atoms with van der Waals surface area (Å²) in [6, 6.07) is 17.2. The lowest BCUT2D eigenvalue weighted by molar-refractivity contribution is -0.121. The van der Waals surface area contributed by atoms with Gasteiger partial charge in [-0.05, 0) is 24.1 Å². The van der Waals surface area contributed by atoms with Crippen molar-refractivity contribution < 1.29 is 9.21 Å². The van der Waals surface area contributed by atoms with Gasteiger partial charge in [-0.25, -0.2) is 4.79 Å². The zero-order valence-electron chi connectivity index (χ0n) is 13.6. The second-order valence-electron chi connectivity index (χ2n) is 5.74. The van der Waals surface area contributed by atoms with E-state index in [0.29, 0.717) is 17.6 Å². The highest BCUT2D eigenvalue weighted by Crippen LogP contribution is 2.18. The van der Waals surface area contributed by atoms with Crippen LogP contribution in [0.4, 0.5) is 0 Å². The summed E-state index contributed by atoms with van der Waals surface area (Å²) in [5.74, 6) is -0.451. The Balaban J connectivity index is 1.67. The van der Waals surface area contributed by atoms with Gasteiger partial charge in [0.15, 0.2) is 5.58 Å². The van der Waals surface area contributed by atoms with Crippen molar-refractivity contribution in [3.63, 3.8) is 0 Å². The lowest BCUT2D eigenvalue weighted by Gasteiger charge is -2.16. The predicted molar refractivity (Wildman–Crippen MR) is 93.0 cm³/mol. The number of carbonyl (C=O) groups is 1. The molecule has 1 atom stereocenters. The van der Waals surface area contributed by atoms with Gasteiger partial charge in [-0.2, -0.15) is 0 Å². The predicted octanol–water partition coefficient (Wildman–Crippen LogP) is 2.90. The number of aromatic nitrogens is 1. The third-order valence-electron chi connectivity index (χ3n) is 4.18. The molecule has 5 heteroatoms. The Morgan fingerprint density at radius 2 is 1.83 bits per heavy atom. The van der Waals surface area contributed by atoms with Gasteiger partial charge in [0.2, 0.25) is 5.91 Å². The number of amides is 1. The zero-order valence-corrected chi connectivity index (χ0v) is 13.6. The number of nitrogens with one attached hydrogen (secondary N) is 1. The van der Waals surface area contributed by atoms with E-state index in [1.165, 1.54) is 10.1 Å². The Bertz CT molecular complexity index is 880. The SMILES string of the molecule is CCC(CNC(=O)Cn1c(=O)oc2ccccc21)c1ccccc1. The van der Waals surface area contributed by atoms with Crippen LogP contribution in [0.2, 0.25) is 0 Å². The van der Waals surface area contributed by atoms with Crippen molar-refractivity contribution in [3.05, 3.63) is 70.7 Å². The maximum Gasteiger partial charge on any atom is 0.420 e. The first-order chi connectivity index (χ1) is 11.7. The molecule has 2 aromatic carbocycles. The normalized spacial score (nSPS) is 12.2. The Hall–Kier alpha value is -2.82. The quantitative estimate of drug-likeness (QED) is 0.758. The van der Waals surface area contributed by atoms with Crippen LogP contribution in [-0.2, 0) is 11.3 Å². The number of rotatable bonds is 6. The fourth-order valence-corrected chi connectivity index (χ4v) is 2.82. The molecule has 1 N–H and O–H groups in total. The van der Waals surface area contributed by atoms with Crippen LogP contribution in [-0.4, -0.2) is 17.0 Å². The van der Waals surface area contributed by atoms with Gasteiger partial charge < -0.3 is 9.73 Å². The molecule has 0 aliphatic carbocycles. The average Bonchev–Trinajstić information content (AvgIpc) is 2.92. The maximum absolute atomic E-state index is 12.2. The topological polar surface area (TPSA) is 64.2 Å². The number of hydrogen-bond donors (Lipinski definition) is 1. The number of nitrogens with zero attached hydrogens (tertiary/aromatic N) is 1. The van der Waals surface area contributed by atoms with Crippen LogP contribution in [0.1, 0.15) is 24.8 Å². The molecule has 0 fully saturated rings. The summed E-state index contributed by atoms with van der Waals surface area (Å²) in [7, 11) is 0. The molecule has 0 aliphatic heterocycles. The van der Waals surface area contributed by atoms with Gasteiger partial charge in [0.05, 0.1) is 5.52 Å². The molecule has 0 spiro atoms. The second kappa shape index (κ2) is 7.17. The molecule has 3 rings (SSSR count). The molecule has 5 nitrogen and oxygen atoms in total. The van der Waals surface area contributed by atoms with Crippen molar-refractivity contribution in [1.29, 1.82) is 0 Å². The van der Waals surface area contributed by atoms with E-state index in [0.717, 1.165) is 6.42 Å². The molecular weight excluding hydrogens is 304 g/mol. The molecule has 1 heterocycles. The van der Waals surface area contributed by atoms with E-state index in [1.54, 1.807) is 18.2 Å². The summed E-state index contributed by atoms with van der Waals surface area (Å²) in [4.78, 5) is 24.2. The van der Waals surface area contributed by atoms with E-state index >= 15 is 0 Å². The monoisotopic (exact) mass is 324 g/mol. The van der Waals surface area contributed by atoms with Gasteiger partial charge in [-0.15, -0.1) is 0 Å². The van der Waals surface area contributed by atoms with Crippen molar-refractivity contribution >= 4 is 17.0 Å². The molecule has 3 aromatic rings. The van der Waals surface area contributed by atoms with Crippen molar-refractivity contribution in [2.75, 3.05) is 6.54 Å². The molecule has 0 saturated heterocycles. The third-order valence-corrected chi connectivity index (χ3v) is 4.18. The summed E-state index contributed by atoms with van der Waals surface area (Å²) < 4.78 is 6.50. The van der Waals surface area contributed by atoms with Gasteiger partial charge in [0.1, 0.15) is 6.54 Å². The first kappa shape index (κ1) is 16.1. The van der Waals surface area contributed by atoms with Gasteiger partial charge in [0.25, 0.3) is 0 Å². The van der Waals surface area contributed by atoms with Crippen molar-refractivity contribution in [1.82, 2.24) is 9.88 Å². The summed E-state index contributed by atoms with van der Waals surface area (Å²) >= 11 is 0. The Morgan fingerprint density at radius 1 is 1.12 bits per heavy atom. The maximum atomic E-state index is 12.2. The highest BCUT2D eigenvalue weighted by molar-refractivity contribution is 5.79. The number of carbonyl (C=O) groups excluding carboxylic acids is 1. The Morgan fingerprint density at radius 3 is 2.58 bits per heavy atom. The van der Waals surface area contributed by atoms with Crippen molar-refractivity contribution in [3.8, 4) is 0 Å². The molecule has 0 bridgehead atoms. The number of benzene rings is 2. The van der Waals surface area contributed by atoms with E-state index in [1.807, 2.05) is 24.3 Å².